The molecule has 0 fully saturated rings. The Labute approximate surface area is 108 Å². The van der Waals surface area contributed by atoms with E-state index in [1.165, 1.54) is 0 Å². The number of thioether (sulfide) groups is 1. The van der Waals surface area contributed by atoms with Gasteiger partial charge < -0.3 is 10.4 Å². The van der Waals surface area contributed by atoms with E-state index in [0.717, 1.165) is 0 Å². The van der Waals surface area contributed by atoms with Crippen molar-refractivity contribution < 1.29 is 14.7 Å². The number of carboxylic acids is 1. The summed E-state index contributed by atoms with van der Waals surface area (Å²) in [7, 11) is 0. The van der Waals surface area contributed by atoms with E-state index in [1.54, 1.807) is 18.7 Å². The number of nitrogens with one attached hydrogen (secondary N) is 1. The van der Waals surface area contributed by atoms with Crippen LogP contribution in [0.15, 0.2) is 0 Å². The van der Waals surface area contributed by atoms with Gasteiger partial charge in [0.2, 0.25) is 0 Å². The first-order valence-corrected chi connectivity index (χ1v) is 7.09. The Bertz CT molecular complexity index is 273. The van der Waals surface area contributed by atoms with Gasteiger partial charge in [-0.3, -0.25) is 9.59 Å². The molecular weight excluding hydrogens is 238 g/mol. The van der Waals surface area contributed by atoms with Crippen LogP contribution in [0, 0.1) is 5.92 Å². The summed E-state index contributed by atoms with van der Waals surface area (Å²) in [6.45, 7) is 7.55. The molecule has 0 amide bonds. The van der Waals surface area contributed by atoms with E-state index in [0.29, 0.717) is 5.75 Å². The molecule has 0 aliphatic carbocycles. The van der Waals surface area contributed by atoms with Gasteiger partial charge in [-0.25, -0.2) is 0 Å². The lowest BCUT2D eigenvalue weighted by Crippen LogP contribution is -2.49. The third-order valence-corrected chi connectivity index (χ3v) is 2.92. The van der Waals surface area contributed by atoms with Crippen LogP contribution in [0.2, 0.25) is 0 Å². The third kappa shape index (κ3) is 7.39. The molecule has 100 valence electrons. The lowest BCUT2D eigenvalue weighted by atomic mass is 9.99. The standard InChI is InChI=1S/C12H23NO3S/c1-8(11(15)16)6-10(14)9(7-17-5)13-12(2,3)4/h8-9,13H,6-7H2,1-5H3,(H,15,16). The zero-order valence-corrected chi connectivity index (χ0v) is 12.1. The van der Waals surface area contributed by atoms with Crippen LogP contribution in [-0.2, 0) is 9.59 Å². The van der Waals surface area contributed by atoms with Crippen molar-refractivity contribution in [2.75, 3.05) is 12.0 Å². The minimum absolute atomic E-state index is 0.0239. The summed E-state index contributed by atoms with van der Waals surface area (Å²) < 4.78 is 0. The predicted octanol–water partition coefficient (Wildman–Crippen LogP) is 1.79. The van der Waals surface area contributed by atoms with Crippen LogP contribution in [0.25, 0.3) is 0 Å². The Morgan fingerprint density at radius 3 is 2.24 bits per heavy atom. The molecule has 17 heavy (non-hydrogen) atoms. The molecule has 0 saturated carbocycles. The molecule has 0 aliphatic rings. The molecule has 0 rings (SSSR count). The van der Waals surface area contributed by atoms with Crippen molar-refractivity contribution in [3.05, 3.63) is 0 Å². The summed E-state index contributed by atoms with van der Waals surface area (Å²) in [5.41, 5.74) is -0.150. The van der Waals surface area contributed by atoms with Crippen molar-refractivity contribution in [1.29, 1.82) is 0 Å². The van der Waals surface area contributed by atoms with Gasteiger partial charge in [0.05, 0.1) is 12.0 Å². The number of Topliss-reactive ketones (excluding diaryl/α,β-unsaturated/α-hetero) is 1. The van der Waals surface area contributed by atoms with Gasteiger partial charge in [0, 0.05) is 17.7 Å². The molecule has 0 radical (unpaired) electrons. The average Bonchev–Trinajstić information content (AvgIpc) is 2.14. The normalized spacial score (nSPS) is 15.4. The Morgan fingerprint density at radius 2 is 1.88 bits per heavy atom. The van der Waals surface area contributed by atoms with Crippen LogP contribution >= 0.6 is 11.8 Å². The molecule has 2 N–H and O–H groups in total. The van der Waals surface area contributed by atoms with Gasteiger partial charge >= 0.3 is 5.97 Å². The zero-order chi connectivity index (χ0) is 13.6. The van der Waals surface area contributed by atoms with E-state index in [9.17, 15) is 9.59 Å². The summed E-state index contributed by atoms with van der Waals surface area (Å²) in [6.07, 6.45) is 2.02. The lowest BCUT2D eigenvalue weighted by molar-refractivity contribution is -0.143. The van der Waals surface area contributed by atoms with E-state index in [4.69, 9.17) is 5.11 Å². The summed E-state index contributed by atoms with van der Waals surface area (Å²) >= 11 is 1.58. The van der Waals surface area contributed by atoms with Crippen LogP contribution in [0.5, 0.6) is 0 Å². The largest absolute Gasteiger partial charge is 0.481 e. The second kappa shape index (κ2) is 7.01. The van der Waals surface area contributed by atoms with Crippen LogP contribution in [0.3, 0.4) is 0 Å². The fraction of sp³-hybridized carbons (Fsp3) is 0.833. The average molecular weight is 261 g/mol. The second-order valence-electron chi connectivity index (χ2n) is 5.31. The number of hydrogen-bond donors (Lipinski definition) is 2. The molecular formula is C12H23NO3S. The van der Waals surface area contributed by atoms with E-state index in [2.05, 4.69) is 5.32 Å². The molecule has 5 heteroatoms. The van der Waals surface area contributed by atoms with Crippen molar-refractivity contribution in [3.8, 4) is 0 Å². The highest BCUT2D eigenvalue weighted by Crippen LogP contribution is 2.11. The monoisotopic (exact) mass is 261 g/mol. The SMILES string of the molecule is CSCC(NC(C)(C)C)C(=O)CC(C)C(=O)O. The van der Waals surface area contributed by atoms with Gasteiger partial charge in [0.1, 0.15) is 0 Å². The lowest BCUT2D eigenvalue weighted by Gasteiger charge is -2.27. The number of carbonyl (C=O) groups excluding carboxylic acids is 1. The number of ketones is 1. The Morgan fingerprint density at radius 1 is 1.35 bits per heavy atom. The molecule has 2 atom stereocenters. The predicted molar refractivity (Wildman–Crippen MR) is 71.5 cm³/mol. The van der Waals surface area contributed by atoms with Crippen molar-refractivity contribution in [2.24, 2.45) is 5.92 Å². The fourth-order valence-electron chi connectivity index (χ4n) is 1.44. The van der Waals surface area contributed by atoms with Crippen molar-refractivity contribution in [2.45, 2.75) is 45.7 Å². The zero-order valence-electron chi connectivity index (χ0n) is 11.2. The number of rotatable bonds is 7. The highest BCUT2D eigenvalue weighted by molar-refractivity contribution is 7.98. The topological polar surface area (TPSA) is 66.4 Å². The van der Waals surface area contributed by atoms with Crippen molar-refractivity contribution in [1.82, 2.24) is 5.32 Å². The molecule has 0 spiro atoms. The van der Waals surface area contributed by atoms with E-state index in [1.807, 2.05) is 27.0 Å². The highest BCUT2D eigenvalue weighted by atomic mass is 32.2. The molecule has 0 aliphatic heterocycles. The minimum Gasteiger partial charge on any atom is -0.481 e. The van der Waals surface area contributed by atoms with Gasteiger partial charge in [-0.05, 0) is 27.0 Å². The molecule has 0 aromatic carbocycles. The summed E-state index contributed by atoms with van der Waals surface area (Å²) in [5.74, 6) is -0.891. The van der Waals surface area contributed by atoms with Crippen LogP contribution in [0.4, 0.5) is 0 Å². The van der Waals surface area contributed by atoms with E-state index in [-0.39, 0.29) is 23.8 Å². The molecule has 0 bridgehead atoms. The summed E-state index contributed by atoms with van der Waals surface area (Å²) in [5, 5.41) is 12.0. The number of aliphatic carboxylic acids is 1. The van der Waals surface area contributed by atoms with E-state index >= 15 is 0 Å². The van der Waals surface area contributed by atoms with Crippen LogP contribution in [0.1, 0.15) is 34.1 Å². The maximum atomic E-state index is 12.0. The maximum Gasteiger partial charge on any atom is 0.306 e. The van der Waals surface area contributed by atoms with Crippen molar-refractivity contribution in [3.63, 3.8) is 0 Å². The number of hydrogen-bond acceptors (Lipinski definition) is 4. The first-order valence-electron chi connectivity index (χ1n) is 5.69. The minimum atomic E-state index is -0.919. The van der Waals surface area contributed by atoms with Gasteiger partial charge in [-0.15, -0.1) is 0 Å². The molecule has 0 saturated heterocycles. The van der Waals surface area contributed by atoms with Gasteiger partial charge in [0.25, 0.3) is 0 Å². The van der Waals surface area contributed by atoms with Crippen LogP contribution in [-0.4, -0.2) is 40.4 Å². The van der Waals surface area contributed by atoms with Crippen LogP contribution < -0.4 is 5.32 Å². The molecule has 0 heterocycles. The maximum absolute atomic E-state index is 12.0. The second-order valence-corrected chi connectivity index (χ2v) is 6.22. The Balaban J connectivity index is 4.49. The Kier molecular flexibility index (Phi) is 6.78. The molecule has 0 aromatic heterocycles. The van der Waals surface area contributed by atoms with Gasteiger partial charge in [-0.1, -0.05) is 6.92 Å². The smallest absolute Gasteiger partial charge is 0.306 e. The molecule has 2 unspecified atom stereocenters. The fourth-order valence-corrected chi connectivity index (χ4v) is 2.04. The number of carbonyl (C=O) groups is 2. The Hall–Kier alpha value is -0.550. The summed E-state index contributed by atoms with van der Waals surface area (Å²) in [4.78, 5) is 22.7. The quantitative estimate of drug-likeness (QED) is 0.731. The van der Waals surface area contributed by atoms with E-state index < -0.39 is 11.9 Å². The summed E-state index contributed by atoms with van der Waals surface area (Å²) in [6, 6.07) is -0.271. The highest BCUT2D eigenvalue weighted by Gasteiger charge is 2.26. The molecule has 0 aromatic rings. The van der Waals surface area contributed by atoms with Crippen molar-refractivity contribution >= 4 is 23.5 Å². The van der Waals surface area contributed by atoms with Gasteiger partial charge in [0.15, 0.2) is 5.78 Å². The van der Waals surface area contributed by atoms with Gasteiger partial charge in [-0.2, -0.15) is 11.8 Å². The molecule has 4 nitrogen and oxygen atoms in total. The number of carboxylic acid groups (broad SMARTS) is 1. The third-order valence-electron chi connectivity index (χ3n) is 2.26. The first kappa shape index (κ1) is 16.4. The first-order chi connectivity index (χ1) is 7.67.